The van der Waals surface area contributed by atoms with Gasteiger partial charge in [0.15, 0.2) is 14.9 Å². The van der Waals surface area contributed by atoms with E-state index >= 15 is 8.78 Å². The van der Waals surface area contributed by atoms with Gasteiger partial charge in [-0.15, -0.1) is 0 Å². The lowest BCUT2D eigenvalue weighted by Gasteiger charge is -2.34. The number of fused-ring (bicyclic) bond motifs is 2. The van der Waals surface area contributed by atoms with Crippen molar-refractivity contribution in [2.45, 2.75) is 82.1 Å². The number of likely N-dealkylation sites (tertiary alicyclic amines) is 1. The van der Waals surface area contributed by atoms with E-state index in [4.69, 9.17) is 0 Å². The van der Waals surface area contributed by atoms with E-state index in [0.717, 1.165) is 18.7 Å². The summed E-state index contributed by atoms with van der Waals surface area (Å²) in [4.78, 5) is 24.4. The molecule has 43 heavy (non-hydrogen) atoms. The van der Waals surface area contributed by atoms with E-state index in [1.807, 2.05) is 13.8 Å². The molecule has 3 heterocycles. The van der Waals surface area contributed by atoms with Crippen LogP contribution >= 0.6 is 0 Å². The number of sulfone groups is 1. The highest BCUT2D eigenvalue weighted by molar-refractivity contribution is 7.91. The minimum absolute atomic E-state index is 0.0314. The molecule has 5 rings (SSSR count). The Morgan fingerprint density at radius 3 is 2.60 bits per heavy atom. The van der Waals surface area contributed by atoms with Gasteiger partial charge in [-0.1, -0.05) is 26.8 Å². The molecule has 2 aliphatic rings. The number of halogens is 2. The van der Waals surface area contributed by atoms with Gasteiger partial charge in [0.05, 0.1) is 17.9 Å². The molecular formula is C32H40F2N4O4S. The maximum atomic E-state index is 15.5. The number of benzene rings is 1. The summed E-state index contributed by atoms with van der Waals surface area (Å²) >= 11 is 0. The summed E-state index contributed by atoms with van der Waals surface area (Å²) in [5.74, 6) is -1.35. The number of aliphatic hydroxyl groups excluding tert-OH is 1. The van der Waals surface area contributed by atoms with Gasteiger partial charge in [-0.2, -0.15) is 0 Å². The largest absolute Gasteiger partial charge is 0.393 e. The van der Waals surface area contributed by atoms with Crippen molar-refractivity contribution in [1.82, 2.24) is 20.2 Å². The lowest BCUT2D eigenvalue weighted by Crippen LogP contribution is -2.38. The average Bonchev–Trinajstić information content (AvgIpc) is 2.99. The molecule has 1 unspecified atom stereocenters. The molecule has 0 radical (unpaired) electrons. The minimum atomic E-state index is -3.49. The fourth-order valence-electron chi connectivity index (χ4n) is 6.00. The van der Waals surface area contributed by atoms with Crippen LogP contribution < -0.4 is 5.32 Å². The van der Waals surface area contributed by atoms with Gasteiger partial charge in [0.2, 0.25) is 0 Å². The van der Waals surface area contributed by atoms with E-state index < -0.39 is 33.3 Å². The second kappa shape index (κ2) is 12.5. The van der Waals surface area contributed by atoms with Crippen molar-refractivity contribution < 1.29 is 27.1 Å². The lowest BCUT2D eigenvalue weighted by atomic mass is 9.77. The number of aliphatic hydroxyl groups is 1. The van der Waals surface area contributed by atoms with Gasteiger partial charge < -0.3 is 15.3 Å². The average molecular weight is 615 g/mol. The summed E-state index contributed by atoms with van der Waals surface area (Å²) in [6.07, 6.45) is 3.99. The van der Waals surface area contributed by atoms with Gasteiger partial charge in [0, 0.05) is 48.9 Å². The molecule has 2 atom stereocenters. The summed E-state index contributed by atoms with van der Waals surface area (Å²) in [6, 6.07) is 7.08. The molecule has 1 aliphatic carbocycles. The molecule has 2 N–H and O–H groups in total. The number of nitrogens with zero attached hydrogens (tertiary/aromatic N) is 3. The Morgan fingerprint density at radius 1 is 1.21 bits per heavy atom. The maximum absolute atomic E-state index is 15.5. The maximum Gasteiger partial charge on any atom is 0.251 e. The summed E-state index contributed by atoms with van der Waals surface area (Å²) in [7, 11) is -3.49. The first-order valence-electron chi connectivity index (χ1n) is 15.1. The first-order chi connectivity index (χ1) is 20.4. The summed E-state index contributed by atoms with van der Waals surface area (Å²) in [5.41, 5.74) is 0.989. The molecule has 1 fully saturated rings. The number of hydrogen-bond donors (Lipinski definition) is 2. The van der Waals surface area contributed by atoms with Gasteiger partial charge in [-0.3, -0.25) is 4.79 Å². The molecule has 1 amide bonds. The highest BCUT2D eigenvalue weighted by Gasteiger charge is 2.38. The molecule has 1 aliphatic heterocycles. The van der Waals surface area contributed by atoms with Crippen LogP contribution in [0.4, 0.5) is 8.78 Å². The zero-order valence-electron chi connectivity index (χ0n) is 24.9. The number of carbonyl (C=O) groups excluding carboxylic acids is 1. The van der Waals surface area contributed by atoms with Crippen molar-refractivity contribution in [1.29, 1.82) is 0 Å². The highest BCUT2D eigenvalue weighted by Crippen LogP contribution is 2.38. The van der Waals surface area contributed by atoms with Gasteiger partial charge in [-0.25, -0.2) is 27.2 Å². The van der Waals surface area contributed by atoms with Crippen LogP contribution in [0, 0.1) is 11.7 Å². The van der Waals surface area contributed by atoms with E-state index in [2.05, 4.69) is 20.2 Å². The van der Waals surface area contributed by atoms with Crippen molar-refractivity contribution in [2.24, 2.45) is 5.92 Å². The van der Waals surface area contributed by atoms with E-state index in [1.54, 1.807) is 25.1 Å². The number of hydrogen-bond acceptors (Lipinski definition) is 7. The van der Waals surface area contributed by atoms with Crippen LogP contribution in [0.2, 0.25) is 0 Å². The Bertz CT molecular complexity index is 1590. The quantitative estimate of drug-likeness (QED) is 0.358. The molecule has 8 nitrogen and oxygen atoms in total. The zero-order chi connectivity index (χ0) is 30.9. The number of aryl methyl sites for hydroxylation is 1. The molecular weight excluding hydrogens is 574 g/mol. The normalized spacial score (nSPS) is 20.7. The Balaban J connectivity index is 1.41. The number of pyridine rings is 2. The van der Waals surface area contributed by atoms with Crippen LogP contribution in [0.15, 0.2) is 41.6 Å². The number of alkyl halides is 1. The van der Waals surface area contributed by atoms with Gasteiger partial charge in [-0.05, 0) is 73.4 Å². The van der Waals surface area contributed by atoms with Crippen molar-refractivity contribution >= 4 is 26.6 Å². The second-order valence-electron chi connectivity index (χ2n) is 12.2. The van der Waals surface area contributed by atoms with Gasteiger partial charge in [0.25, 0.3) is 5.91 Å². The number of carbonyl (C=O) groups is 1. The monoisotopic (exact) mass is 614 g/mol. The Kier molecular flexibility index (Phi) is 9.15. The minimum Gasteiger partial charge on any atom is -0.393 e. The third-order valence-corrected chi connectivity index (χ3v) is 10.7. The van der Waals surface area contributed by atoms with E-state index in [-0.39, 0.29) is 40.3 Å². The first-order valence-corrected chi connectivity index (χ1v) is 16.7. The molecule has 2 aromatic heterocycles. The summed E-state index contributed by atoms with van der Waals surface area (Å²) in [6.45, 7) is 7.37. The van der Waals surface area contributed by atoms with Crippen molar-refractivity contribution in [3.05, 3.63) is 64.7 Å². The zero-order valence-corrected chi connectivity index (χ0v) is 25.8. The predicted molar refractivity (Wildman–Crippen MR) is 161 cm³/mol. The van der Waals surface area contributed by atoms with E-state index in [9.17, 15) is 18.3 Å². The summed E-state index contributed by atoms with van der Waals surface area (Å²) in [5, 5.41) is 13.3. The van der Waals surface area contributed by atoms with E-state index in [0.29, 0.717) is 55.3 Å². The third kappa shape index (κ3) is 6.89. The molecule has 3 aromatic rings. The Morgan fingerprint density at radius 2 is 1.95 bits per heavy atom. The number of rotatable bonds is 9. The number of nitrogens with one attached hydrogen (secondary N) is 1. The van der Waals surface area contributed by atoms with E-state index in [1.165, 1.54) is 18.3 Å². The molecule has 1 aromatic carbocycles. The molecule has 0 saturated carbocycles. The van der Waals surface area contributed by atoms with Gasteiger partial charge in [0.1, 0.15) is 17.0 Å². The number of amides is 1. The number of aromatic nitrogens is 2. The van der Waals surface area contributed by atoms with Crippen LogP contribution in [-0.4, -0.2) is 71.5 Å². The highest BCUT2D eigenvalue weighted by atomic mass is 32.2. The SMILES string of the molecule is CCS(=O)(=O)c1ccc([C@@H](CCN2CCC(O)CC2)NC(=O)c2cc(F)c3nc4c(cc3c2)CC(F)(C(C)C)CC4)cn1. The second-order valence-corrected chi connectivity index (χ2v) is 14.4. The van der Waals surface area contributed by atoms with Crippen LogP contribution in [0.1, 0.15) is 79.7 Å². The van der Waals surface area contributed by atoms with Crippen LogP contribution in [0.5, 0.6) is 0 Å². The van der Waals surface area contributed by atoms with Crippen LogP contribution in [-0.2, 0) is 22.7 Å². The fourth-order valence-corrected chi connectivity index (χ4v) is 6.78. The third-order valence-electron chi connectivity index (χ3n) is 9.06. The first kappa shape index (κ1) is 31.4. The van der Waals surface area contributed by atoms with Crippen molar-refractivity contribution in [3.8, 4) is 0 Å². The topological polar surface area (TPSA) is 112 Å². The molecule has 0 bridgehead atoms. The molecule has 1 saturated heterocycles. The molecule has 0 spiro atoms. The van der Waals surface area contributed by atoms with Crippen LogP contribution in [0.3, 0.4) is 0 Å². The molecule has 232 valence electrons. The smallest absolute Gasteiger partial charge is 0.251 e. The van der Waals surface area contributed by atoms with Crippen LogP contribution in [0.25, 0.3) is 10.9 Å². The van der Waals surface area contributed by atoms with Crippen molar-refractivity contribution in [3.63, 3.8) is 0 Å². The predicted octanol–water partition coefficient (Wildman–Crippen LogP) is 4.73. The fraction of sp³-hybridized carbons (Fsp3) is 0.531. The Labute approximate surface area is 251 Å². The molecule has 11 heteroatoms. The Hall–Kier alpha value is -3.02. The number of piperidine rings is 1. The van der Waals surface area contributed by atoms with Crippen molar-refractivity contribution in [2.75, 3.05) is 25.4 Å². The standard InChI is InChI=1S/C32H40F2N4O4S/c1-4-43(41,42)29-6-5-21(19-35-29)28(10-14-38-12-8-25(39)9-13-38)37-31(40)23-15-22-16-24-18-32(34,20(2)3)11-7-27(24)36-30(22)26(33)17-23/h5-6,15-17,19-20,25,28,39H,4,7-14,18H2,1-3H3,(H,37,40)/t28-,32?/m1/s1. The lowest BCUT2D eigenvalue weighted by molar-refractivity contribution is 0.0794. The van der Waals surface area contributed by atoms with Gasteiger partial charge >= 0.3 is 0 Å². The summed E-state index contributed by atoms with van der Waals surface area (Å²) < 4.78 is 55.4.